The summed E-state index contributed by atoms with van der Waals surface area (Å²) in [4.78, 5) is 17.5. The molecule has 3 heterocycles. The Morgan fingerprint density at radius 3 is 2.84 bits per heavy atom. The number of hydrogen-bond acceptors (Lipinski definition) is 7. The highest BCUT2D eigenvalue weighted by Crippen LogP contribution is 2.32. The van der Waals surface area contributed by atoms with E-state index in [0.29, 0.717) is 57.1 Å². The number of aromatic nitrogens is 2. The smallest absolute Gasteiger partial charge is 0.240 e. The molecular formula is C20H24N4O5S2. The number of unbranched alkanes of at least 4 members (excludes halogenated alkanes) is 2. The van der Waals surface area contributed by atoms with Gasteiger partial charge in [0.2, 0.25) is 15.9 Å². The number of ether oxygens (including phenoxy) is 2. The molecule has 0 unspecified atom stereocenters. The van der Waals surface area contributed by atoms with Crippen LogP contribution < -0.4 is 19.5 Å². The van der Waals surface area contributed by atoms with E-state index < -0.39 is 10.0 Å². The van der Waals surface area contributed by atoms with Crippen LogP contribution in [-0.2, 0) is 21.4 Å². The lowest BCUT2D eigenvalue weighted by Gasteiger charge is -2.18. The number of carbonyl (C=O) groups is 1. The van der Waals surface area contributed by atoms with Gasteiger partial charge in [0, 0.05) is 36.8 Å². The van der Waals surface area contributed by atoms with E-state index in [9.17, 15) is 13.2 Å². The van der Waals surface area contributed by atoms with Crippen LogP contribution in [0.1, 0.15) is 31.4 Å². The molecule has 0 bridgehead atoms. The number of sulfonamides is 1. The van der Waals surface area contributed by atoms with Crippen LogP contribution in [0.4, 0.5) is 0 Å². The first-order valence-electron chi connectivity index (χ1n) is 10.1. The van der Waals surface area contributed by atoms with Crippen LogP contribution in [-0.4, -0.2) is 43.5 Å². The van der Waals surface area contributed by atoms with Gasteiger partial charge in [-0.3, -0.25) is 9.20 Å². The maximum Gasteiger partial charge on any atom is 0.240 e. The topological polar surface area (TPSA) is 111 Å². The van der Waals surface area contributed by atoms with Crippen LogP contribution in [0, 0.1) is 0 Å². The van der Waals surface area contributed by atoms with Gasteiger partial charge in [0.15, 0.2) is 16.5 Å². The quantitative estimate of drug-likeness (QED) is 0.446. The number of amides is 1. The lowest BCUT2D eigenvalue weighted by Crippen LogP contribution is -2.25. The molecule has 166 valence electrons. The van der Waals surface area contributed by atoms with E-state index in [0.717, 1.165) is 17.1 Å². The molecule has 0 atom stereocenters. The van der Waals surface area contributed by atoms with Crippen LogP contribution in [0.5, 0.6) is 11.5 Å². The number of hydrogen-bond donors (Lipinski definition) is 2. The molecule has 9 nitrogen and oxygen atoms in total. The van der Waals surface area contributed by atoms with E-state index in [1.54, 1.807) is 17.4 Å². The predicted octanol–water partition coefficient (Wildman–Crippen LogP) is 2.32. The molecule has 0 fully saturated rings. The highest BCUT2D eigenvalue weighted by Gasteiger charge is 2.18. The standard InChI is InChI=1S/C20H24N4O5S2/c25-19(21-13-15-14-24-8-11-30-20(24)23-15)4-2-1-3-7-22-31(26,27)16-5-6-17-18(12-16)29-10-9-28-17/h5-6,8,11-12,14,22H,1-4,7,9-10,13H2,(H,21,25). The minimum absolute atomic E-state index is 0.0341. The van der Waals surface area contributed by atoms with Crippen LogP contribution in [0.15, 0.2) is 40.9 Å². The largest absolute Gasteiger partial charge is 0.486 e. The minimum Gasteiger partial charge on any atom is -0.486 e. The van der Waals surface area contributed by atoms with Crippen molar-refractivity contribution in [3.63, 3.8) is 0 Å². The molecule has 0 saturated carbocycles. The van der Waals surface area contributed by atoms with Crippen LogP contribution >= 0.6 is 11.3 Å². The van der Waals surface area contributed by atoms with Gasteiger partial charge in [0.05, 0.1) is 17.1 Å². The number of rotatable bonds is 10. The molecular weight excluding hydrogens is 440 g/mol. The normalized spacial score (nSPS) is 13.4. The molecule has 0 spiro atoms. The summed E-state index contributed by atoms with van der Waals surface area (Å²) in [5.41, 5.74) is 0.828. The SMILES string of the molecule is O=C(CCCCCNS(=O)(=O)c1ccc2c(c1)OCCO2)NCc1cn2ccsc2n1. The fourth-order valence-electron chi connectivity index (χ4n) is 3.21. The fraction of sp³-hybridized carbons (Fsp3) is 0.400. The molecule has 0 radical (unpaired) electrons. The summed E-state index contributed by atoms with van der Waals surface area (Å²) in [6.07, 6.45) is 6.32. The Bertz CT molecular complexity index is 1130. The van der Waals surface area contributed by atoms with Crippen molar-refractivity contribution in [1.29, 1.82) is 0 Å². The van der Waals surface area contributed by atoms with E-state index in [4.69, 9.17) is 9.47 Å². The summed E-state index contributed by atoms with van der Waals surface area (Å²) in [7, 11) is -3.62. The van der Waals surface area contributed by atoms with Gasteiger partial charge in [-0.25, -0.2) is 18.1 Å². The predicted molar refractivity (Wildman–Crippen MR) is 116 cm³/mol. The third kappa shape index (κ3) is 5.54. The molecule has 2 aromatic heterocycles. The molecule has 11 heteroatoms. The van der Waals surface area contributed by atoms with E-state index in [1.165, 1.54) is 12.1 Å². The molecule has 1 aliphatic rings. The molecule has 4 rings (SSSR count). The first kappa shape index (κ1) is 21.6. The average molecular weight is 465 g/mol. The summed E-state index contributed by atoms with van der Waals surface area (Å²) in [6.45, 7) is 1.57. The Kier molecular flexibility index (Phi) is 6.73. The van der Waals surface area contributed by atoms with Crippen molar-refractivity contribution < 1.29 is 22.7 Å². The molecule has 1 aliphatic heterocycles. The fourth-order valence-corrected chi connectivity index (χ4v) is 5.01. The number of fused-ring (bicyclic) bond motifs is 2. The second-order valence-electron chi connectivity index (χ2n) is 7.12. The lowest BCUT2D eigenvalue weighted by atomic mass is 10.2. The summed E-state index contributed by atoms with van der Waals surface area (Å²) < 4.78 is 40.3. The van der Waals surface area contributed by atoms with Crippen LogP contribution in [0.2, 0.25) is 0 Å². The molecule has 0 saturated heterocycles. The van der Waals surface area contributed by atoms with Crippen molar-refractivity contribution in [3.05, 3.63) is 41.7 Å². The second-order valence-corrected chi connectivity index (χ2v) is 9.76. The van der Waals surface area contributed by atoms with E-state index >= 15 is 0 Å². The number of thiazole rings is 1. The van der Waals surface area contributed by atoms with Gasteiger partial charge in [-0.1, -0.05) is 6.42 Å². The van der Waals surface area contributed by atoms with Gasteiger partial charge in [0.25, 0.3) is 0 Å². The molecule has 1 amide bonds. The Labute approximate surface area is 184 Å². The summed E-state index contributed by atoms with van der Waals surface area (Å²) in [5, 5.41) is 4.83. The van der Waals surface area contributed by atoms with E-state index in [2.05, 4.69) is 15.0 Å². The monoisotopic (exact) mass is 464 g/mol. The average Bonchev–Trinajstić information content (AvgIpc) is 3.36. The number of nitrogens with zero attached hydrogens (tertiary/aromatic N) is 2. The molecule has 2 N–H and O–H groups in total. The van der Waals surface area contributed by atoms with Gasteiger partial charge < -0.3 is 14.8 Å². The van der Waals surface area contributed by atoms with Gasteiger partial charge in [-0.05, 0) is 25.0 Å². The summed E-state index contributed by atoms with van der Waals surface area (Å²) >= 11 is 1.55. The zero-order valence-corrected chi connectivity index (χ0v) is 18.5. The van der Waals surface area contributed by atoms with Crippen molar-refractivity contribution >= 4 is 32.2 Å². The molecule has 1 aromatic carbocycles. The second kappa shape index (κ2) is 9.67. The van der Waals surface area contributed by atoms with Crippen LogP contribution in [0.25, 0.3) is 4.96 Å². The number of carbonyl (C=O) groups excluding carboxylic acids is 1. The first-order chi connectivity index (χ1) is 15.0. The maximum absolute atomic E-state index is 12.4. The third-order valence-electron chi connectivity index (χ3n) is 4.81. The number of nitrogens with one attached hydrogen (secondary N) is 2. The summed E-state index contributed by atoms with van der Waals surface area (Å²) in [6, 6.07) is 4.59. The van der Waals surface area contributed by atoms with Crippen molar-refractivity contribution in [3.8, 4) is 11.5 Å². The lowest BCUT2D eigenvalue weighted by molar-refractivity contribution is -0.121. The van der Waals surface area contributed by atoms with Crippen molar-refractivity contribution in [2.75, 3.05) is 19.8 Å². The van der Waals surface area contributed by atoms with Crippen molar-refractivity contribution in [2.24, 2.45) is 0 Å². The Hall–Kier alpha value is -2.63. The van der Waals surface area contributed by atoms with Gasteiger partial charge >= 0.3 is 0 Å². The number of benzene rings is 1. The Balaban J connectivity index is 1.13. The first-order valence-corrected chi connectivity index (χ1v) is 12.4. The summed E-state index contributed by atoms with van der Waals surface area (Å²) in [5.74, 6) is 0.958. The third-order valence-corrected chi connectivity index (χ3v) is 7.04. The molecule has 31 heavy (non-hydrogen) atoms. The highest BCUT2D eigenvalue weighted by molar-refractivity contribution is 7.89. The molecule has 0 aliphatic carbocycles. The van der Waals surface area contributed by atoms with Crippen LogP contribution in [0.3, 0.4) is 0 Å². The highest BCUT2D eigenvalue weighted by atomic mass is 32.2. The van der Waals surface area contributed by atoms with E-state index in [-0.39, 0.29) is 10.8 Å². The van der Waals surface area contributed by atoms with E-state index in [1.807, 2.05) is 22.2 Å². The number of imidazole rings is 1. The van der Waals surface area contributed by atoms with Crippen molar-refractivity contribution in [2.45, 2.75) is 37.1 Å². The van der Waals surface area contributed by atoms with Gasteiger partial charge in [0.1, 0.15) is 13.2 Å². The Morgan fingerprint density at radius 2 is 2.00 bits per heavy atom. The van der Waals surface area contributed by atoms with Gasteiger partial charge in [-0.15, -0.1) is 11.3 Å². The minimum atomic E-state index is -3.62. The van der Waals surface area contributed by atoms with Gasteiger partial charge in [-0.2, -0.15) is 0 Å². The maximum atomic E-state index is 12.4. The zero-order chi connectivity index (χ0) is 21.7. The zero-order valence-electron chi connectivity index (χ0n) is 16.9. The van der Waals surface area contributed by atoms with Crippen molar-refractivity contribution in [1.82, 2.24) is 19.4 Å². The Morgan fingerprint density at radius 1 is 1.16 bits per heavy atom. The molecule has 3 aromatic rings.